The first-order chi connectivity index (χ1) is 9.20. The molecule has 0 bridgehead atoms. The van der Waals surface area contributed by atoms with Gasteiger partial charge >= 0.3 is 0 Å². The third-order valence-electron chi connectivity index (χ3n) is 2.70. The predicted molar refractivity (Wildman–Crippen MR) is 78.1 cm³/mol. The van der Waals surface area contributed by atoms with E-state index in [1.54, 1.807) is 18.2 Å². The molecule has 0 aliphatic rings. The van der Waals surface area contributed by atoms with Crippen LogP contribution in [0.25, 0.3) is 0 Å². The predicted octanol–water partition coefficient (Wildman–Crippen LogP) is 4.06. The number of para-hydroxylation sites is 2. The Labute approximate surface area is 117 Å². The Morgan fingerprint density at radius 3 is 2.79 bits per heavy atom. The first-order valence-electron chi connectivity index (χ1n) is 6.13. The highest BCUT2D eigenvalue weighted by molar-refractivity contribution is 6.30. The monoisotopic (exact) mass is 277 g/mol. The van der Waals surface area contributed by atoms with Gasteiger partial charge < -0.3 is 15.2 Å². The lowest BCUT2D eigenvalue weighted by atomic mass is 10.2. The summed E-state index contributed by atoms with van der Waals surface area (Å²) in [6.45, 7) is 3.04. The maximum atomic E-state index is 9.76. The molecule has 100 valence electrons. The number of benzene rings is 2. The lowest BCUT2D eigenvalue weighted by Crippen LogP contribution is -2.02. The lowest BCUT2D eigenvalue weighted by Gasteiger charge is -2.13. The van der Waals surface area contributed by atoms with Crippen molar-refractivity contribution in [3.05, 3.63) is 53.1 Å². The number of halogens is 1. The van der Waals surface area contributed by atoms with E-state index in [9.17, 15) is 5.11 Å². The second kappa shape index (κ2) is 6.34. The number of anilines is 1. The van der Waals surface area contributed by atoms with Crippen LogP contribution in [0.15, 0.2) is 42.5 Å². The summed E-state index contributed by atoms with van der Waals surface area (Å²) in [7, 11) is 0. The number of nitrogens with one attached hydrogen (secondary N) is 1. The smallest absolute Gasteiger partial charge is 0.142 e. The molecule has 0 unspecified atom stereocenters. The van der Waals surface area contributed by atoms with Gasteiger partial charge in [0.25, 0.3) is 0 Å². The molecule has 0 aliphatic heterocycles. The Morgan fingerprint density at radius 2 is 2.00 bits per heavy atom. The fourth-order valence-electron chi connectivity index (χ4n) is 1.78. The number of phenolic OH excluding ortho intramolecular Hbond substituents is 1. The average Bonchev–Trinajstić information content (AvgIpc) is 2.42. The van der Waals surface area contributed by atoms with E-state index in [1.807, 2.05) is 31.2 Å². The molecular formula is C15H16ClNO2. The van der Waals surface area contributed by atoms with Crippen molar-refractivity contribution in [1.82, 2.24) is 0 Å². The van der Waals surface area contributed by atoms with E-state index >= 15 is 0 Å². The lowest BCUT2D eigenvalue weighted by molar-refractivity contribution is 0.341. The highest BCUT2D eigenvalue weighted by Crippen LogP contribution is 2.26. The van der Waals surface area contributed by atoms with Gasteiger partial charge in [-0.1, -0.05) is 23.7 Å². The van der Waals surface area contributed by atoms with E-state index in [0.29, 0.717) is 18.2 Å². The summed E-state index contributed by atoms with van der Waals surface area (Å²) in [5, 5.41) is 13.6. The van der Waals surface area contributed by atoms with E-state index in [4.69, 9.17) is 16.3 Å². The maximum absolute atomic E-state index is 9.76. The maximum Gasteiger partial charge on any atom is 0.142 e. The van der Waals surface area contributed by atoms with Crippen molar-refractivity contribution < 1.29 is 9.84 Å². The number of hydrogen-bond acceptors (Lipinski definition) is 3. The molecule has 2 aromatic rings. The molecular weight excluding hydrogens is 262 g/mol. The number of ether oxygens (including phenoxy) is 1. The van der Waals surface area contributed by atoms with E-state index in [1.165, 1.54) is 0 Å². The van der Waals surface area contributed by atoms with E-state index < -0.39 is 0 Å². The highest BCUT2D eigenvalue weighted by Gasteiger charge is 2.05. The van der Waals surface area contributed by atoms with Gasteiger partial charge in [-0.2, -0.15) is 0 Å². The summed E-state index contributed by atoms with van der Waals surface area (Å²) >= 11 is 5.92. The van der Waals surface area contributed by atoms with Crippen LogP contribution in [0.5, 0.6) is 11.5 Å². The van der Waals surface area contributed by atoms with Gasteiger partial charge in [0.2, 0.25) is 0 Å². The SMILES string of the molecule is CCOc1ccccc1NCc1cc(Cl)ccc1O. The van der Waals surface area contributed by atoms with Gasteiger partial charge in [0.15, 0.2) is 0 Å². The zero-order valence-electron chi connectivity index (χ0n) is 10.7. The molecule has 0 fully saturated rings. The van der Waals surface area contributed by atoms with E-state index in [2.05, 4.69) is 5.32 Å². The van der Waals surface area contributed by atoms with Gasteiger partial charge in [-0.3, -0.25) is 0 Å². The van der Waals surface area contributed by atoms with Gasteiger partial charge in [0, 0.05) is 17.1 Å². The molecule has 0 saturated carbocycles. The molecule has 0 aromatic heterocycles. The normalized spacial score (nSPS) is 10.2. The second-order valence-electron chi connectivity index (χ2n) is 4.06. The Hall–Kier alpha value is -1.87. The third kappa shape index (κ3) is 3.55. The van der Waals surface area contributed by atoms with Crippen LogP contribution < -0.4 is 10.1 Å². The fraction of sp³-hybridized carbons (Fsp3) is 0.200. The van der Waals surface area contributed by atoms with Crippen molar-refractivity contribution in [2.75, 3.05) is 11.9 Å². The number of phenols is 1. The number of rotatable bonds is 5. The first-order valence-corrected chi connectivity index (χ1v) is 6.51. The van der Waals surface area contributed by atoms with Crippen molar-refractivity contribution in [3.63, 3.8) is 0 Å². The van der Waals surface area contributed by atoms with Crippen LogP contribution >= 0.6 is 11.6 Å². The minimum Gasteiger partial charge on any atom is -0.508 e. The van der Waals surface area contributed by atoms with Crippen molar-refractivity contribution in [2.24, 2.45) is 0 Å². The molecule has 4 heteroatoms. The quantitative estimate of drug-likeness (QED) is 0.866. The van der Waals surface area contributed by atoms with Gasteiger partial charge in [-0.25, -0.2) is 0 Å². The van der Waals surface area contributed by atoms with Gasteiger partial charge in [0.05, 0.1) is 12.3 Å². The van der Waals surface area contributed by atoms with E-state index in [0.717, 1.165) is 17.0 Å². The standard InChI is InChI=1S/C15H16ClNO2/c1-2-19-15-6-4-3-5-13(15)17-10-11-9-12(16)7-8-14(11)18/h3-9,17-18H,2,10H2,1H3. The number of hydrogen-bond donors (Lipinski definition) is 2. The summed E-state index contributed by atoms with van der Waals surface area (Å²) in [5.41, 5.74) is 1.64. The minimum atomic E-state index is 0.228. The number of aromatic hydroxyl groups is 1. The van der Waals surface area contributed by atoms with Gasteiger partial charge in [-0.05, 0) is 37.3 Å². The van der Waals surface area contributed by atoms with Crippen LogP contribution in [-0.4, -0.2) is 11.7 Å². The second-order valence-corrected chi connectivity index (χ2v) is 4.49. The van der Waals surface area contributed by atoms with Crippen molar-refractivity contribution >= 4 is 17.3 Å². The molecule has 0 radical (unpaired) electrons. The van der Waals surface area contributed by atoms with Crippen LogP contribution in [0.3, 0.4) is 0 Å². The first kappa shape index (κ1) is 13.6. The molecule has 0 atom stereocenters. The van der Waals surface area contributed by atoms with Gasteiger partial charge in [-0.15, -0.1) is 0 Å². The summed E-state index contributed by atoms with van der Waals surface area (Å²) in [6, 6.07) is 12.7. The Balaban J connectivity index is 2.12. The van der Waals surface area contributed by atoms with Crippen molar-refractivity contribution in [3.8, 4) is 11.5 Å². The molecule has 0 heterocycles. The average molecular weight is 278 g/mol. The van der Waals surface area contributed by atoms with Gasteiger partial charge in [0.1, 0.15) is 11.5 Å². The summed E-state index contributed by atoms with van der Waals surface area (Å²) in [5.74, 6) is 1.03. The van der Waals surface area contributed by atoms with Crippen LogP contribution in [0.1, 0.15) is 12.5 Å². The van der Waals surface area contributed by atoms with Crippen molar-refractivity contribution in [1.29, 1.82) is 0 Å². The minimum absolute atomic E-state index is 0.228. The van der Waals surface area contributed by atoms with Crippen LogP contribution in [0.4, 0.5) is 5.69 Å². The van der Waals surface area contributed by atoms with Crippen LogP contribution in [-0.2, 0) is 6.54 Å². The third-order valence-corrected chi connectivity index (χ3v) is 2.93. The Kier molecular flexibility index (Phi) is 4.53. The molecule has 0 saturated heterocycles. The Morgan fingerprint density at radius 1 is 1.21 bits per heavy atom. The largest absolute Gasteiger partial charge is 0.508 e. The summed E-state index contributed by atoms with van der Waals surface area (Å²) in [6.07, 6.45) is 0. The zero-order valence-corrected chi connectivity index (χ0v) is 11.4. The van der Waals surface area contributed by atoms with Crippen LogP contribution in [0, 0.1) is 0 Å². The molecule has 2 N–H and O–H groups in total. The van der Waals surface area contributed by atoms with Crippen LogP contribution in [0.2, 0.25) is 5.02 Å². The molecule has 3 nitrogen and oxygen atoms in total. The summed E-state index contributed by atoms with van der Waals surface area (Å²) in [4.78, 5) is 0. The highest BCUT2D eigenvalue weighted by atomic mass is 35.5. The Bertz CT molecular complexity index is 558. The molecule has 2 aromatic carbocycles. The molecule has 2 rings (SSSR count). The molecule has 19 heavy (non-hydrogen) atoms. The van der Waals surface area contributed by atoms with E-state index in [-0.39, 0.29) is 5.75 Å². The molecule has 0 aliphatic carbocycles. The van der Waals surface area contributed by atoms with Crippen molar-refractivity contribution in [2.45, 2.75) is 13.5 Å². The fourth-order valence-corrected chi connectivity index (χ4v) is 1.97. The molecule has 0 spiro atoms. The zero-order chi connectivity index (χ0) is 13.7. The summed E-state index contributed by atoms with van der Waals surface area (Å²) < 4.78 is 5.53. The topological polar surface area (TPSA) is 41.5 Å². The molecule has 0 amide bonds.